The number of hydrogen-bond acceptors (Lipinski definition) is 5. The van der Waals surface area contributed by atoms with Crippen molar-refractivity contribution in [1.29, 1.82) is 0 Å². The Hall–Kier alpha value is -2.78. The van der Waals surface area contributed by atoms with Crippen molar-refractivity contribution in [3.05, 3.63) is 57.6 Å². The average molecular weight is 462 g/mol. The number of nitrogens with one attached hydrogen (secondary N) is 2. The number of benzene rings is 2. The summed E-state index contributed by atoms with van der Waals surface area (Å²) in [7, 11) is 1.43. The van der Waals surface area contributed by atoms with Crippen LogP contribution in [0.5, 0.6) is 5.75 Å². The van der Waals surface area contributed by atoms with Gasteiger partial charge >= 0.3 is 0 Å². The third-order valence-corrected chi connectivity index (χ3v) is 4.89. The average Bonchev–Trinajstić information content (AvgIpc) is 2.87. The monoisotopic (exact) mass is 461 g/mol. The van der Waals surface area contributed by atoms with Gasteiger partial charge in [-0.3, -0.25) is 24.6 Å². The topological polar surface area (TPSA) is 87.7 Å². The Morgan fingerprint density at radius 1 is 1.14 bits per heavy atom. The van der Waals surface area contributed by atoms with Crippen LogP contribution in [0.2, 0.25) is 0 Å². The zero-order valence-electron chi connectivity index (χ0n) is 15.0. The van der Waals surface area contributed by atoms with Crippen LogP contribution in [0.1, 0.15) is 38.0 Å². The lowest BCUT2D eigenvalue weighted by molar-refractivity contribution is 0.0692. The first kappa shape index (κ1) is 20.0. The van der Waals surface area contributed by atoms with Crippen molar-refractivity contribution in [1.82, 2.24) is 10.2 Å². The molecular formula is C19H16BrN3O4S. The molecule has 0 aliphatic carbocycles. The van der Waals surface area contributed by atoms with E-state index in [9.17, 15) is 14.4 Å². The van der Waals surface area contributed by atoms with E-state index >= 15 is 0 Å². The minimum absolute atomic E-state index is 0.0695. The summed E-state index contributed by atoms with van der Waals surface area (Å²) in [6.07, 6.45) is 0. The lowest BCUT2D eigenvalue weighted by Crippen LogP contribution is -2.34. The molecule has 2 aromatic carbocycles. The van der Waals surface area contributed by atoms with Crippen molar-refractivity contribution in [3.8, 4) is 5.75 Å². The molecule has 7 nitrogen and oxygen atoms in total. The molecule has 0 saturated heterocycles. The van der Waals surface area contributed by atoms with Crippen LogP contribution >= 0.6 is 28.1 Å². The van der Waals surface area contributed by atoms with Gasteiger partial charge in [0.05, 0.1) is 22.2 Å². The molecule has 144 valence electrons. The van der Waals surface area contributed by atoms with E-state index in [-0.39, 0.29) is 16.9 Å². The molecular weight excluding hydrogens is 446 g/mol. The van der Waals surface area contributed by atoms with Gasteiger partial charge < -0.3 is 10.1 Å². The maximum atomic E-state index is 12.4. The van der Waals surface area contributed by atoms with Gasteiger partial charge in [0.2, 0.25) is 0 Å². The molecule has 0 bridgehead atoms. The minimum atomic E-state index is -0.395. The van der Waals surface area contributed by atoms with Crippen LogP contribution in [0.15, 0.2) is 40.9 Å². The first-order valence-corrected chi connectivity index (χ1v) is 9.53. The minimum Gasteiger partial charge on any atom is -0.493 e. The smallest absolute Gasteiger partial charge is 0.261 e. The van der Waals surface area contributed by atoms with E-state index in [2.05, 4.69) is 26.6 Å². The van der Waals surface area contributed by atoms with E-state index in [0.29, 0.717) is 39.2 Å². The predicted octanol–water partition coefficient (Wildman–Crippen LogP) is 3.20. The van der Waals surface area contributed by atoms with Crippen molar-refractivity contribution < 1.29 is 19.1 Å². The number of ether oxygens (including phenoxy) is 1. The summed E-state index contributed by atoms with van der Waals surface area (Å²) < 4.78 is 6.08. The normalized spacial score (nSPS) is 12.6. The van der Waals surface area contributed by atoms with Gasteiger partial charge in [-0.15, -0.1) is 0 Å². The molecule has 28 heavy (non-hydrogen) atoms. The highest BCUT2D eigenvalue weighted by Gasteiger charge is 2.32. The quantitative estimate of drug-likeness (QED) is 0.536. The second-order valence-corrected chi connectivity index (χ2v) is 7.18. The second-order valence-electron chi connectivity index (χ2n) is 5.92. The van der Waals surface area contributed by atoms with E-state index < -0.39 is 5.91 Å². The molecule has 3 amide bonds. The third kappa shape index (κ3) is 3.90. The van der Waals surface area contributed by atoms with Gasteiger partial charge in [-0.25, -0.2) is 0 Å². The number of halogens is 1. The molecule has 2 N–H and O–H groups in total. The van der Waals surface area contributed by atoms with Gasteiger partial charge in [0, 0.05) is 18.3 Å². The SMILES string of the molecule is CCOc1ccc(C(=O)NC(=S)Nc2ccc3c(c2)C(=O)N(C)C3=O)cc1Br. The van der Waals surface area contributed by atoms with E-state index in [1.165, 1.54) is 13.1 Å². The molecule has 9 heteroatoms. The molecule has 0 atom stereocenters. The van der Waals surface area contributed by atoms with E-state index in [1.54, 1.807) is 30.3 Å². The summed E-state index contributed by atoms with van der Waals surface area (Å²) in [6, 6.07) is 9.66. The molecule has 2 aromatic rings. The Balaban J connectivity index is 1.68. The summed E-state index contributed by atoms with van der Waals surface area (Å²) in [4.78, 5) is 37.4. The van der Waals surface area contributed by atoms with Crippen LogP contribution in [0.3, 0.4) is 0 Å². The number of amides is 3. The van der Waals surface area contributed by atoms with Crippen molar-refractivity contribution in [2.45, 2.75) is 6.92 Å². The van der Waals surface area contributed by atoms with Crippen molar-refractivity contribution in [2.75, 3.05) is 19.0 Å². The number of anilines is 1. The molecule has 0 fully saturated rings. The lowest BCUT2D eigenvalue weighted by Gasteiger charge is -2.11. The van der Waals surface area contributed by atoms with E-state index in [0.717, 1.165) is 4.90 Å². The Morgan fingerprint density at radius 2 is 1.86 bits per heavy atom. The molecule has 1 aliphatic rings. The zero-order chi connectivity index (χ0) is 20.4. The van der Waals surface area contributed by atoms with Crippen LogP contribution in [0.25, 0.3) is 0 Å². The number of fused-ring (bicyclic) bond motifs is 1. The summed E-state index contributed by atoms with van der Waals surface area (Å²) in [5, 5.41) is 5.50. The van der Waals surface area contributed by atoms with Gasteiger partial charge in [-0.2, -0.15) is 0 Å². The molecule has 3 rings (SSSR count). The van der Waals surface area contributed by atoms with Crippen LogP contribution in [0.4, 0.5) is 5.69 Å². The van der Waals surface area contributed by atoms with Crippen molar-refractivity contribution in [2.24, 2.45) is 0 Å². The fourth-order valence-electron chi connectivity index (χ4n) is 2.69. The van der Waals surface area contributed by atoms with Gasteiger partial charge in [0.1, 0.15) is 5.75 Å². The van der Waals surface area contributed by atoms with Gasteiger partial charge in [-0.1, -0.05) is 0 Å². The number of carbonyl (C=O) groups is 3. The Kier molecular flexibility index (Phi) is 5.76. The molecule has 0 aromatic heterocycles. The fourth-order valence-corrected chi connectivity index (χ4v) is 3.40. The fraction of sp³-hybridized carbons (Fsp3) is 0.158. The van der Waals surface area contributed by atoms with Crippen LogP contribution < -0.4 is 15.4 Å². The van der Waals surface area contributed by atoms with Crippen LogP contribution in [-0.4, -0.2) is 41.4 Å². The maximum Gasteiger partial charge on any atom is 0.261 e. The maximum absolute atomic E-state index is 12.4. The molecule has 0 saturated carbocycles. The first-order valence-electron chi connectivity index (χ1n) is 8.33. The van der Waals surface area contributed by atoms with Crippen LogP contribution in [-0.2, 0) is 0 Å². The number of imide groups is 1. The summed E-state index contributed by atoms with van der Waals surface area (Å²) in [5.41, 5.74) is 1.53. The second kappa shape index (κ2) is 8.07. The highest BCUT2D eigenvalue weighted by Crippen LogP contribution is 2.26. The third-order valence-electron chi connectivity index (χ3n) is 4.07. The Bertz CT molecular complexity index is 1010. The Morgan fingerprint density at radius 3 is 2.54 bits per heavy atom. The largest absolute Gasteiger partial charge is 0.493 e. The summed E-state index contributed by atoms with van der Waals surface area (Å²) >= 11 is 8.54. The predicted molar refractivity (Wildman–Crippen MR) is 112 cm³/mol. The Labute approximate surface area is 175 Å². The number of nitrogens with zero attached hydrogens (tertiary/aromatic N) is 1. The molecule has 1 aliphatic heterocycles. The zero-order valence-corrected chi connectivity index (χ0v) is 17.4. The first-order chi connectivity index (χ1) is 13.3. The summed E-state index contributed by atoms with van der Waals surface area (Å²) in [6.45, 7) is 2.39. The van der Waals surface area contributed by atoms with E-state index in [1.807, 2.05) is 6.92 Å². The van der Waals surface area contributed by atoms with Gasteiger partial charge in [0.25, 0.3) is 17.7 Å². The number of hydrogen-bond donors (Lipinski definition) is 2. The molecule has 0 radical (unpaired) electrons. The molecule has 1 heterocycles. The van der Waals surface area contributed by atoms with Crippen LogP contribution in [0, 0.1) is 0 Å². The highest BCUT2D eigenvalue weighted by atomic mass is 79.9. The number of carbonyl (C=O) groups excluding carboxylic acids is 3. The summed E-state index contributed by atoms with van der Waals surface area (Å²) in [5.74, 6) is -0.475. The number of thiocarbonyl (C=S) groups is 1. The van der Waals surface area contributed by atoms with Gasteiger partial charge in [0.15, 0.2) is 5.11 Å². The highest BCUT2D eigenvalue weighted by molar-refractivity contribution is 9.10. The lowest BCUT2D eigenvalue weighted by atomic mass is 10.1. The molecule has 0 unspecified atom stereocenters. The number of rotatable bonds is 4. The van der Waals surface area contributed by atoms with Crippen molar-refractivity contribution in [3.63, 3.8) is 0 Å². The van der Waals surface area contributed by atoms with Gasteiger partial charge in [-0.05, 0) is 71.5 Å². The van der Waals surface area contributed by atoms with E-state index in [4.69, 9.17) is 17.0 Å². The molecule has 0 spiro atoms. The standard InChI is InChI=1S/C19H16BrN3O4S/c1-3-27-15-7-4-10(8-14(15)20)16(24)22-19(28)21-11-5-6-12-13(9-11)18(26)23(2)17(12)25/h4-9H,3H2,1-2H3,(H2,21,22,24,28). The van der Waals surface area contributed by atoms with Crippen molar-refractivity contribution >= 4 is 56.7 Å².